The molecule has 0 aromatic heterocycles. The van der Waals surface area contributed by atoms with Gasteiger partial charge in [0, 0.05) is 59.7 Å². The monoisotopic (exact) mass is 674 g/mol. The van der Waals surface area contributed by atoms with Crippen LogP contribution in [0.2, 0.25) is 5.02 Å². The largest absolute Gasteiger partial charge is 0.444 e. The Morgan fingerprint density at radius 1 is 1.13 bits per heavy atom. The van der Waals surface area contributed by atoms with E-state index in [-0.39, 0.29) is 36.0 Å². The second-order valence-corrected chi connectivity index (χ2v) is 15.5. The van der Waals surface area contributed by atoms with Crippen LogP contribution in [0.15, 0.2) is 42.5 Å². The summed E-state index contributed by atoms with van der Waals surface area (Å²) in [5.41, 5.74) is 7.48. The number of ether oxygens (including phenoxy) is 2. The van der Waals surface area contributed by atoms with Crippen molar-refractivity contribution >= 4 is 41.2 Å². The third-order valence-corrected chi connectivity index (χ3v) is 11.3. The first-order valence-corrected chi connectivity index (χ1v) is 17.7. The lowest BCUT2D eigenvalue weighted by atomic mass is 9.64. The van der Waals surface area contributed by atoms with Gasteiger partial charge in [0.2, 0.25) is 5.91 Å². The van der Waals surface area contributed by atoms with E-state index in [9.17, 15) is 9.59 Å². The van der Waals surface area contributed by atoms with E-state index in [1.54, 1.807) is 31.2 Å². The molecule has 8 nitrogen and oxygen atoms in total. The minimum absolute atomic E-state index is 0.0152. The Labute approximate surface area is 282 Å². The highest BCUT2D eigenvalue weighted by molar-refractivity contribution is 7.97. The maximum Gasteiger partial charge on any atom is 0.410 e. The van der Waals surface area contributed by atoms with Crippen LogP contribution < -0.4 is 11.1 Å². The topological polar surface area (TPSA) is 97.1 Å². The van der Waals surface area contributed by atoms with Gasteiger partial charge in [-0.05, 0) is 102 Å². The zero-order valence-electron chi connectivity index (χ0n) is 27.4. The number of nitrogens with two attached hydrogens (primary N) is 1. The third kappa shape index (κ3) is 8.01. The maximum atomic E-state index is 15.5. The molecule has 3 aliphatic rings. The van der Waals surface area contributed by atoms with Crippen LogP contribution in [-0.4, -0.2) is 77.0 Å². The van der Waals surface area contributed by atoms with Crippen molar-refractivity contribution in [3.63, 3.8) is 0 Å². The van der Waals surface area contributed by atoms with Crippen molar-refractivity contribution < 1.29 is 23.5 Å². The molecule has 3 N–H and O–H groups in total. The van der Waals surface area contributed by atoms with Crippen molar-refractivity contribution in [1.82, 2.24) is 9.21 Å². The number of nitrogens with zero attached hydrogens (tertiary/aromatic N) is 2. The SMILES string of the molecule is COC1CCC(c2ccc(Cl)cc2)(C(N)C(=O)Nc2cccc(F)c2CCC2CN(C(=O)OC(C)(C)C)C3CCCSN2C3)CC1. The number of hydrogen-bond donors (Lipinski definition) is 2. The summed E-state index contributed by atoms with van der Waals surface area (Å²) in [6, 6.07) is 11.6. The summed E-state index contributed by atoms with van der Waals surface area (Å²) < 4.78 is 29.2. The van der Waals surface area contributed by atoms with Crippen LogP contribution in [0.25, 0.3) is 0 Å². The third-order valence-electron chi connectivity index (χ3n) is 9.77. The number of fused-ring (bicyclic) bond motifs is 2. The molecule has 0 spiro atoms. The highest BCUT2D eigenvalue weighted by Gasteiger charge is 2.45. The molecule has 252 valence electrons. The first-order valence-electron chi connectivity index (χ1n) is 16.4. The molecular weight excluding hydrogens is 627 g/mol. The van der Waals surface area contributed by atoms with E-state index >= 15 is 4.39 Å². The van der Waals surface area contributed by atoms with Crippen molar-refractivity contribution in [3.8, 4) is 0 Å². The van der Waals surface area contributed by atoms with Gasteiger partial charge in [-0.1, -0.05) is 41.7 Å². The Morgan fingerprint density at radius 3 is 2.52 bits per heavy atom. The Kier molecular flexibility index (Phi) is 11.3. The lowest BCUT2D eigenvalue weighted by Crippen LogP contribution is -2.58. The number of halogens is 2. The maximum absolute atomic E-state index is 15.5. The average Bonchev–Trinajstić information content (AvgIpc) is 3.23. The average molecular weight is 675 g/mol. The van der Waals surface area contributed by atoms with Gasteiger partial charge in [-0.15, -0.1) is 0 Å². The van der Waals surface area contributed by atoms with Gasteiger partial charge in [0.25, 0.3) is 0 Å². The van der Waals surface area contributed by atoms with Gasteiger partial charge in [0.15, 0.2) is 0 Å². The van der Waals surface area contributed by atoms with Crippen LogP contribution in [0.3, 0.4) is 0 Å². The number of benzene rings is 2. The lowest BCUT2D eigenvalue weighted by Gasteiger charge is -2.44. The van der Waals surface area contributed by atoms with Crippen LogP contribution in [0.4, 0.5) is 14.9 Å². The van der Waals surface area contributed by atoms with Crippen molar-refractivity contribution in [3.05, 3.63) is 64.4 Å². The fourth-order valence-electron chi connectivity index (χ4n) is 7.21. The predicted molar refractivity (Wildman–Crippen MR) is 183 cm³/mol. The van der Waals surface area contributed by atoms with Gasteiger partial charge in [-0.2, -0.15) is 0 Å². The Morgan fingerprint density at radius 2 is 1.85 bits per heavy atom. The summed E-state index contributed by atoms with van der Waals surface area (Å²) in [5.74, 6) is 0.257. The zero-order valence-corrected chi connectivity index (χ0v) is 29.0. The quantitative estimate of drug-likeness (QED) is 0.293. The van der Waals surface area contributed by atoms with E-state index in [0.29, 0.717) is 48.5 Å². The molecule has 2 heterocycles. The van der Waals surface area contributed by atoms with E-state index in [2.05, 4.69) is 9.62 Å². The highest BCUT2D eigenvalue weighted by Crippen LogP contribution is 2.43. The van der Waals surface area contributed by atoms with E-state index in [0.717, 1.165) is 43.5 Å². The molecule has 11 heteroatoms. The molecule has 2 amide bonds. The van der Waals surface area contributed by atoms with Crippen LogP contribution in [-0.2, 0) is 26.1 Å². The number of rotatable bonds is 8. The van der Waals surface area contributed by atoms with Crippen LogP contribution in [0, 0.1) is 5.82 Å². The summed E-state index contributed by atoms with van der Waals surface area (Å²) in [4.78, 5) is 29.0. The number of nitrogens with one attached hydrogen (secondary N) is 1. The molecule has 2 aliphatic heterocycles. The predicted octanol–water partition coefficient (Wildman–Crippen LogP) is 6.94. The smallest absolute Gasteiger partial charge is 0.410 e. The number of piperazine rings is 1. The number of hydrogen-bond acceptors (Lipinski definition) is 7. The molecule has 2 aromatic rings. The lowest BCUT2D eigenvalue weighted by molar-refractivity contribution is -0.119. The van der Waals surface area contributed by atoms with Gasteiger partial charge >= 0.3 is 6.09 Å². The molecular formula is C35H48ClFN4O4S. The zero-order chi connectivity index (χ0) is 33.1. The molecule has 1 saturated carbocycles. The first-order chi connectivity index (χ1) is 21.9. The molecule has 3 fully saturated rings. The number of methoxy groups -OCH3 is 1. The van der Waals surface area contributed by atoms with Crippen LogP contribution >= 0.6 is 23.5 Å². The summed E-state index contributed by atoms with van der Waals surface area (Å²) in [6.45, 7) is 6.90. The van der Waals surface area contributed by atoms with Gasteiger partial charge in [-0.3, -0.25) is 4.79 Å². The number of carbonyl (C=O) groups excluding carboxylic acids is 2. The first kappa shape index (κ1) is 35.0. The summed E-state index contributed by atoms with van der Waals surface area (Å²) in [5, 5.41) is 3.63. The molecule has 1 aliphatic carbocycles. The van der Waals surface area contributed by atoms with Crippen LogP contribution in [0.1, 0.15) is 76.8 Å². The van der Waals surface area contributed by atoms with E-state index < -0.39 is 17.1 Å². The number of carbonyl (C=O) groups is 2. The molecule has 2 aromatic carbocycles. The van der Waals surface area contributed by atoms with Crippen molar-refractivity contribution in [2.24, 2.45) is 5.73 Å². The van der Waals surface area contributed by atoms with Gasteiger partial charge in [0.1, 0.15) is 11.4 Å². The molecule has 0 radical (unpaired) electrons. The summed E-state index contributed by atoms with van der Waals surface area (Å²) in [7, 11) is 1.71. The molecule has 46 heavy (non-hydrogen) atoms. The van der Waals surface area contributed by atoms with E-state index in [1.807, 2.05) is 49.9 Å². The molecule has 5 rings (SSSR count). The van der Waals surface area contributed by atoms with E-state index in [1.165, 1.54) is 6.07 Å². The van der Waals surface area contributed by atoms with Gasteiger partial charge < -0.3 is 25.4 Å². The van der Waals surface area contributed by atoms with Crippen molar-refractivity contribution in [1.29, 1.82) is 0 Å². The van der Waals surface area contributed by atoms with Gasteiger partial charge in [-0.25, -0.2) is 13.5 Å². The standard InChI is InChI=1S/C35H48ClFN4O4S/c1-34(2,3)45-33(43)40-21-26(41-22-25(40)7-6-20-46-41)14-15-28-29(37)8-5-9-30(28)39-32(42)31(38)35(18-16-27(44-4)17-19-35)23-10-12-24(36)13-11-23/h5,8-13,25-27,31H,6-7,14-22,38H2,1-4H3,(H,39,42). The molecule has 4 atom stereocenters. The second-order valence-electron chi connectivity index (χ2n) is 13.9. The highest BCUT2D eigenvalue weighted by atomic mass is 35.5. The van der Waals surface area contributed by atoms with Gasteiger partial charge in [0.05, 0.1) is 12.1 Å². The fourth-order valence-corrected chi connectivity index (χ4v) is 8.53. The Balaban J connectivity index is 1.33. The normalized spacial score (nSPS) is 27.4. The number of anilines is 1. The Bertz CT molecular complexity index is 1370. The molecule has 2 bridgehead atoms. The summed E-state index contributed by atoms with van der Waals surface area (Å²) in [6.07, 6.45) is 5.71. The summed E-state index contributed by atoms with van der Waals surface area (Å²) >= 11 is 8.00. The molecule has 2 saturated heterocycles. The Hall–Kier alpha value is -2.37. The fraction of sp³-hybridized carbons (Fsp3) is 0.600. The van der Waals surface area contributed by atoms with Crippen LogP contribution in [0.5, 0.6) is 0 Å². The molecule has 4 unspecified atom stereocenters. The van der Waals surface area contributed by atoms with Crippen molar-refractivity contribution in [2.75, 3.05) is 31.3 Å². The number of amides is 2. The van der Waals surface area contributed by atoms with Crippen molar-refractivity contribution in [2.45, 2.75) is 107 Å². The second kappa shape index (κ2) is 14.8. The minimum Gasteiger partial charge on any atom is -0.444 e. The van der Waals surface area contributed by atoms with E-state index in [4.69, 9.17) is 26.8 Å². The minimum atomic E-state index is -0.867.